The summed E-state index contributed by atoms with van der Waals surface area (Å²) < 4.78 is 9.88. The Balaban J connectivity index is 3.46. The van der Waals surface area contributed by atoms with Crippen molar-refractivity contribution in [2.24, 2.45) is 5.92 Å². The molecule has 0 heterocycles. The smallest absolute Gasteiger partial charge is 0.408 e. The Morgan fingerprint density at radius 3 is 2.28 bits per heavy atom. The van der Waals surface area contributed by atoms with Gasteiger partial charge in [-0.2, -0.15) is 0 Å². The molecule has 1 aromatic rings. The van der Waals surface area contributed by atoms with Crippen LogP contribution in [0.2, 0.25) is 0 Å². The molecule has 2 unspecified atom stereocenters. The summed E-state index contributed by atoms with van der Waals surface area (Å²) in [5.41, 5.74) is 0.00971. The molecule has 11 heteroatoms. The monoisotopic (exact) mass is 509 g/mol. The summed E-state index contributed by atoms with van der Waals surface area (Å²) in [4.78, 5) is 52.3. The van der Waals surface area contributed by atoms with Crippen LogP contribution in [0.1, 0.15) is 58.2 Å². The topological polar surface area (TPSA) is 154 Å². The second-order valence-corrected chi connectivity index (χ2v) is 9.83. The predicted octanol–water partition coefficient (Wildman–Crippen LogP) is 1.79. The molecule has 0 spiro atoms. The molecule has 0 saturated heterocycles. The first-order chi connectivity index (χ1) is 16.7. The summed E-state index contributed by atoms with van der Waals surface area (Å²) in [6.45, 7) is 9.32. The first-order valence-corrected chi connectivity index (χ1v) is 11.7. The molecule has 202 valence electrons. The van der Waals surface area contributed by atoms with Crippen LogP contribution in [0.4, 0.5) is 4.79 Å². The van der Waals surface area contributed by atoms with Crippen molar-refractivity contribution in [3.63, 3.8) is 0 Å². The Labute approximate surface area is 212 Å². The quantitative estimate of drug-likeness (QED) is 0.329. The molecule has 3 amide bonds. The van der Waals surface area contributed by atoms with Gasteiger partial charge in [0.05, 0.1) is 13.7 Å². The zero-order chi connectivity index (χ0) is 27.6. The minimum absolute atomic E-state index is 0.00298. The Morgan fingerprint density at radius 2 is 1.78 bits per heavy atom. The van der Waals surface area contributed by atoms with Crippen LogP contribution in [0.3, 0.4) is 0 Å². The van der Waals surface area contributed by atoms with Crippen molar-refractivity contribution >= 4 is 23.9 Å². The van der Waals surface area contributed by atoms with Crippen LogP contribution in [0.25, 0.3) is 0 Å². The van der Waals surface area contributed by atoms with Gasteiger partial charge in [-0.15, -0.1) is 0 Å². The van der Waals surface area contributed by atoms with E-state index in [0.717, 1.165) is 4.90 Å². The van der Waals surface area contributed by atoms with Crippen molar-refractivity contribution in [1.29, 1.82) is 0 Å². The third kappa shape index (κ3) is 9.73. The van der Waals surface area contributed by atoms with Gasteiger partial charge in [-0.05, 0) is 63.3 Å². The van der Waals surface area contributed by atoms with E-state index in [-0.39, 0.29) is 24.6 Å². The van der Waals surface area contributed by atoms with Crippen LogP contribution >= 0.6 is 0 Å². The molecule has 0 bridgehead atoms. The van der Waals surface area contributed by atoms with Crippen molar-refractivity contribution < 1.29 is 38.9 Å². The minimum atomic E-state index is -1.27. The normalized spacial score (nSPS) is 12.9. The van der Waals surface area contributed by atoms with E-state index in [2.05, 4.69) is 15.4 Å². The number of nitrogens with one attached hydrogen (secondary N) is 2. The molecule has 0 aromatic heterocycles. The number of carbonyl (C=O) groups excluding carboxylic acids is 4. The summed E-state index contributed by atoms with van der Waals surface area (Å²) >= 11 is 0. The number of nitrogens with zero attached hydrogens (tertiary/aromatic N) is 1. The van der Waals surface area contributed by atoms with Crippen molar-refractivity contribution in [2.75, 3.05) is 26.8 Å². The maximum atomic E-state index is 13.8. The third-order valence-corrected chi connectivity index (χ3v) is 5.05. The highest BCUT2D eigenvalue weighted by atomic mass is 16.6. The molecular weight excluding hydrogens is 470 g/mol. The molecule has 1 rings (SSSR count). The lowest BCUT2D eigenvalue weighted by atomic mass is 9.98. The number of hydrogen-bond donors (Lipinski definition) is 4. The minimum Gasteiger partial charge on any atom is -0.508 e. The number of methoxy groups -OCH3 is 1. The molecule has 0 saturated carbocycles. The van der Waals surface area contributed by atoms with E-state index in [0.29, 0.717) is 11.1 Å². The number of aromatic hydroxyl groups is 1. The molecule has 2 atom stereocenters. The molecule has 1 aromatic carbocycles. The second-order valence-electron chi connectivity index (χ2n) is 9.83. The molecule has 0 aliphatic carbocycles. The summed E-state index contributed by atoms with van der Waals surface area (Å²) in [7, 11) is 1.18. The number of hydrogen-bond acceptors (Lipinski definition) is 8. The van der Waals surface area contributed by atoms with Gasteiger partial charge in [-0.25, -0.2) is 4.79 Å². The Bertz CT molecular complexity index is 926. The van der Waals surface area contributed by atoms with Gasteiger partial charge in [0.25, 0.3) is 0 Å². The van der Waals surface area contributed by atoms with E-state index < -0.39 is 54.7 Å². The number of benzene rings is 1. The van der Waals surface area contributed by atoms with Crippen LogP contribution in [-0.4, -0.2) is 77.4 Å². The van der Waals surface area contributed by atoms with Gasteiger partial charge in [0, 0.05) is 6.54 Å². The van der Waals surface area contributed by atoms with Gasteiger partial charge in [-0.1, -0.05) is 19.9 Å². The van der Waals surface area contributed by atoms with Gasteiger partial charge >= 0.3 is 12.1 Å². The fourth-order valence-corrected chi connectivity index (χ4v) is 3.47. The van der Waals surface area contributed by atoms with Crippen molar-refractivity contribution in [3.05, 3.63) is 29.3 Å². The zero-order valence-corrected chi connectivity index (χ0v) is 22.1. The van der Waals surface area contributed by atoms with E-state index in [1.54, 1.807) is 27.7 Å². The van der Waals surface area contributed by atoms with Crippen LogP contribution < -0.4 is 10.6 Å². The average Bonchev–Trinajstić information content (AvgIpc) is 2.76. The zero-order valence-electron chi connectivity index (χ0n) is 22.1. The number of esters is 1. The molecule has 0 fully saturated rings. The van der Waals surface area contributed by atoms with Crippen molar-refractivity contribution in [1.82, 2.24) is 15.5 Å². The predicted molar refractivity (Wildman–Crippen MR) is 132 cm³/mol. The van der Waals surface area contributed by atoms with E-state index in [9.17, 15) is 29.4 Å². The largest absolute Gasteiger partial charge is 0.508 e. The Hall–Kier alpha value is -3.34. The van der Waals surface area contributed by atoms with E-state index in [4.69, 9.17) is 4.74 Å². The number of phenolic OH excluding ortho intramolecular Hbond substituents is 1. The number of aliphatic hydroxyl groups excluding tert-OH is 1. The van der Waals surface area contributed by atoms with Gasteiger partial charge in [0.2, 0.25) is 11.8 Å². The second kappa shape index (κ2) is 13.7. The average molecular weight is 510 g/mol. The van der Waals surface area contributed by atoms with Crippen LogP contribution in [0, 0.1) is 12.8 Å². The molecule has 11 nitrogen and oxygen atoms in total. The number of alkyl carbamates (subject to hydrolysis) is 1. The van der Waals surface area contributed by atoms with Crippen molar-refractivity contribution in [2.45, 2.75) is 65.6 Å². The van der Waals surface area contributed by atoms with Gasteiger partial charge in [-0.3, -0.25) is 14.4 Å². The number of phenols is 1. The number of aryl methyl sites for hydroxylation is 1. The molecule has 0 radical (unpaired) electrons. The number of amides is 3. The van der Waals surface area contributed by atoms with Gasteiger partial charge < -0.3 is 35.2 Å². The first-order valence-electron chi connectivity index (χ1n) is 11.7. The fourth-order valence-electron chi connectivity index (χ4n) is 3.47. The Kier molecular flexibility index (Phi) is 11.7. The highest BCUT2D eigenvalue weighted by Crippen LogP contribution is 2.27. The van der Waals surface area contributed by atoms with Gasteiger partial charge in [0.15, 0.2) is 0 Å². The lowest BCUT2D eigenvalue weighted by Gasteiger charge is -2.34. The molecule has 36 heavy (non-hydrogen) atoms. The van der Waals surface area contributed by atoms with Crippen LogP contribution in [0.15, 0.2) is 18.2 Å². The van der Waals surface area contributed by atoms with Crippen LogP contribution in [0.5, 0.6) is 5.75 Å². The molecule has 0 aliphatic rings. The maximum Gasteiger partial charge on any atom is 0.408 e. The van der Waals surface area contributed by atoms with Crippen molar-refractivity contribution in [3.8, 4) is 5.75 Å². The standard InChI is InChI=1S/C25H39N3O8/c1-15(2)12-18(27-24(34)36-25(4,5)6)23(33)28(10-11-29)21(22(32)26-14-20(31)35-7)17-8-9-19(30)16(3)13-17/h8-9,13,15,18,21,29-30H,10-12,14H2,1-7H3,(H,26,32)(H,27,34). The summed E-state index contributed by atoms with van der Waals surface area (Å²) in [5, 5.41) is 24.8. The van der Waals surface area contributed by atoms with Crippen LogP contribution in [-0.2, 0) is 23.9 Å². The van der Waals surface area contributed by atoms with E-state index in [1.165, 1.54) is 25.3 Å². The molecular formula is C25H39N3O8. The Morgan fingerprint density at radius 1 is 1.14 bits per heavy atom. The SMILES string of the molecule is COC(=O)CNC(=O)C(c1ccc(O)c(C)c1)N(CCO)C(=O)C(CC(C)C)NC(=O)OC(C)(C)C. The maximum absolute atomic E-state index is 13.8. The number of carbonyl (C=O) groups is 4. The van der Waals surface area contributed by atoms with Gasteiger partial charge in [0.1, 0.15) is 30.0 Å². The third-order valence-electron chi connectivity index (χ3n) is 5.05. The molecule has 4 N–H and O–H groups in total. The summed E-state index contributed by atoms with van der Waals surface area (Å²) in [6, 6.07) is 2.07. The lowest BCUT2D eigenvalue weighted by Crippen LogP contribution is -2.54. The fraction of sp³-hybridized carbons (Fsp3) is 0.600. The number of aliphatic hydroxyl groups is 1. The number of rotatable bonds is 11. The lowest BCUT2D eigenvalue weighted by molar-refractivity contribution is -0.145. The number of ether oxygens (including phenoxy) is 2. The van der Waals surface area contributed by atoms with E-state index >= 15 is 0 Å². The van der Waals surface area contributed by atoms with E-state index in [1.807, 2.05) is 13.8 Å². The first kappa shape index (κ1) is 30.7. The summed E-state index contributed by atoms with van der Waals surface area (Å²) in [6.07, 6.45) is -0.553. The highest BCUT2D eigenvalue weighted by molar-refractivity contribution is 5.93. The molecule has 0 aliphatic heterocycles. The summed E-state index contributed by atoms with van der Waals surface area (Å²) in [5.74, 6) is -2.02. The highest BCUT2D eigenvalue weighted by Gasteiger charge is 2.36.